The van der Waals surface area contributed by atoms with Crippen molar-refractivity contribution in [2.75, 3.05) is 0 Å². The normalized spacial score (nSPS) is 15.4. The van der Waals surface area contributed by atoms with Gasteiger partial charge < -0.3 is 28.2 Å². The molecule has 0 aromatic heterocycles. The summed E-state index contributed by atoms with van der Waals surface area (Å²) < 4.78 is 9.14. The molecule has 2 heterocycles. The number of carbonyl (C=O) groups excluding carboxylic acids is 2. The minimum atomic E-state index is -1.29. The smallest absolute Gasteiger partial charge is 0.542 e. The largest absolute Gasteiger partial charge is 2.00 e. The van der Waals surface area contributed by atoms with Crippen molar-refractivity contribution in [1.29, 1.82) is 0 Å². The van der Waals surface area contributed by atoms with Crippen LogP contribution in [0.3, 0.4) is 0 Å². The number of aliphatic carboxylic acids is 2. The van der Waals surface area contributed by atoms with Crippen molar-refractivity contribution >= 4 is 36.0 Å². The second-order valence-corrected chi connectivity index (χ2v) is 3.92. The SMILES string of the molecule is O=C([O-])C1=CC=CSO1.O=C([O-])C1=CC=CSO1.[Zn+2]. The zero-order valence-electron chi connectivity index (χ0n) is 9.44. The van der Waals surface area contributed by atoms with Gasteiger partial charge in [0, 0.05) is 10.8 Å². The van der Waals surface area contributed by atoms with Gasteiger partial charge in [0.05, 0.1) is 24.1 Å². The van der Waals surface area contributed by atoms with Gasteiger partial charge in [-0.05, 0) is 24.3 Å². The summed E-state index contributed by atoms with van der Waals surface area (Å²) in [6.45, 7) is 0. The zero-order valence-corrected chi connectivity index (χ0v) is 14.0. The third-order valence-electron chi connectivity index (χ3n) is 1.44. The van der Waals surface area contributed by atoms with Gasteiger partial charge in [-0.1, -0.05) is 0 Å². The van der Waals surface area contributed by atoms with Crippen LogP contribution in [-0.4, -0.2) is 11.9 Å². The van der Waals surface area contributed by atoms with E-state index in [1.54, 1.807) is 23.0 Å². The molecule has 0 spiro atoms. The van der Waals surface area contributed by atoms with Crippen LogP contribution in [0.4, 0.5) is 0 Å². The second kappa shape index (κ2) is 9.71. The summed E-state index contributed by atoms with van der Waals surface area (Å²) in [7, 11) is 0. The van der Waals surface area contributed by atoms with Crippen molar-refractivity contribution in [1.82, 2.24) is 0 Å². The fourth-order valence-electron chi connectivity index (χ4n) is 0.736. The molecule has 19 heavy (non-hydrogen) atoms. The number of carboxylic acid groups (broad SMARTS) is 2. The van der Waals surface area contributed by atoms with Crippen molar-refractivity contribution < 1.29 is 47.6 Å². The Morgan fingerprint density at radius 3 is 1.42 bits per heavy atom. The van der Waals surface area contributed by atoms with Gasteiger partial charge in [-0.15, -0.1) is 0 Å². The van der Waals surface area contributed by atoms with Gasteiger partial charge in [-0.2, -0.15) is 0 Å². The first-order chi connectivity index (χ1) is 8.61. The molecule has 0 N–H and O–H groups in total. The van der Waals surface area contributed by atoms with E-state index < -0.39 is 11.9 Å². The third kappa shape index (κ3) is 7.10. The van der Waals surface area contributed by atoms with Crippen LogP contribution in [0.25, 0.3) is 0 Å². The minimum absolute atomic E-state index is 0. The molecular formula is C10H6O6S2Zn. The van der Waals surface area contributed by atoms with E-state index in [0.29, 0.717) is 0 Å². The molecule has 9 heteroatoms. The maximum atomic E-state index is 10.0. The predicted molar refractivity (Wildman–Crippen MR) is 61.8 cm³/mol. The number of allylic oxidation sites excluding steroid dienone is 4. The average Bonchev–Trinajstić information content (AvgIpc) is 2.41. The van der Waals surface area contributed by atoms with Gasteiger partial charge in [0.2, 0.25) is 0 Å². The van der Waals surface area contributed by atoms with Crippen LogP contribution in [0.5, 0.6) is 0 Å². The summed E-state index contributed by atoms with van der Waals surface area (Å²) >= 11 is 1.92. The van der Waals surface area contributed by atoms with Crippen LogP contribution in [0.2, 0.25) is 0 Å². The standard InChI is InChI=1S/2C5H4O3S.Zn/c2*6-5(7)4-2-1-3-9-8-4;/h2*1-3H,(H,6,7);/q;;+2/p-2. The van der Waals surface area contributed by atoms with E-state index in [0.717, 1.165) is 24.1 Å². The van der Waals surface area contributed by atoms with Crippen molar-refractivity contribution in [3.8, 4) is 0 Å². The molecule has 0 saturated carbocycles. The second-order valence-electron chi connectivity index (χ2n) is 2.65. The quantitative estimate of drug-likeness (QED) is 0.490. The summed E-state index contributed by atoms with van der Waals surface area (Å²) in [5, 5.41) is 23.3. The Morgan fingerprint density at radius 1 is 0.895 bits per heavy atom. The van der Waals surface area contributed by atoms with E-state index in [4.69, 9.17) is 0 Å². The van der Waals surface area contributed by atoms with Crippen molar-refractivity contribution in [3.63, 3.8) is 0 Å². The molecule has 0 bridgehead atoms. The molecule has 0 fully saturated rings. The maximum absolute atomic E-state index is 10.0. The van der Waals surface area contributed by atoms with Gasteiger partial charge >= 0.3 is 19.5 Å². The molecule has 0 aliphatic carbocycles. The first kappa shape index (κ1) is 17.8. The Balaban J connectivity index is 0.000000324. The summed E-state index contributed by atoms with van der Waals surface area (Å²) in [6.07, 6.45) is 5.84. The third-order valence-corrected chi connectivity index (χ3v) is 2.53. The van der Waals surface area contributed by atoms with E-state index in [2.05, 4.69) is 8.37 Å². The Bertz CT molecular complexity index is 413. The molecule has 0 atom stereocenters. The first-order valence-corrected chi connectivity index (χ1v) is 6.05. The van der Waals surface area contributed by atoms with E-state index in [1.807, 2.05) is 0 Å². The molecule has 0 aromatic rings. The Labute approximate surface area is 130 Å². The van der Waals surface area contributed by atoms with Crippen molar-refractivity contribution in [2.45, 2.75) is 0 Å². The topological polar surface area (TPSA) is 98.7 Å². The van der Waals surface area contributed by atoms with Gasteiger partial charge in [-0.3, -0.25) is 0 Å². The number of carbonyl (C=O) groups is 2. The van der Waals surface area contributed by atoms with Gasteiger partial charge in [0.15, 0.2) is 11.5 Å². The van der Waals surface area contributed by atoms with E-state index >= 15 is 0 Å². The molecule has 2 aliphatic rings. The van der Waals surface area contributed by atoms with Gasteiger partial charge in [-0.25, -0.2) is 0 Å². The van der Waals surface area contributed by atoms with Crippen LogP contribution < -0.4 is 10.2 Å². The predicted octanol–water partition coefficient (Wildman–Crippen LogP) is -0.378. The monoisotopic (exact) mass is 350 g/mol. The van der Waals surface area contributed by atoms with Crippen LogP contribution in [0.15, 0.2) is 46.6 Å². The van der Waals surface area contributed by atoms with E-state index in [1.165, 1.54) is 12.2 Å². The van der Waals surface area contributed by atoms with Gasteiger partial charge in [0.1, 0.15) is 11.9 Å². The molecular weight excluding hydrogens is 346 g/mol. The number of rotatable bonds is 2. The summed E-state index contributed by atoms with van der Waals surface area (Å²) in [5.41, 5.74) is 0. The van der Waals surface area contributed by atoms with Gasteiger partial charge in [0.25, 0.3) is 0 Å². The number of hydrogen-bond acceptors (Lipinski definition) is 8. The fourth-order valence-corrected chi connectivity index (χ4v) is 1.59. The molecule has 0 unspecified atom stereocenters. The van der Waals surface area contributed by atoms with E-state index in [9.17, 15) is 19.8 Å². The van der Waals surface area contributed by atoms with Crippen LogP contribution in [0, 0.1) is 0 Å². The number of carboxylic acids is 2. The summed E-state index contributed by atoms with van der Waals surface area (Å²) in [5.74, 6) is -2.84. The fraction of sp³-hybridized carbons (Fsp3) is 0. The summed E-state index contributed by atoms with van der Waals surface area (Å²) in [4.78, 5) is 20.0. The van der Waals surface area contributed by atoms with Crippen molar-refractivity contribution in [3.05, 3.63) is 46.6 Å². The van der Waals surface area contributed by atoms with Crippen molar-refractivity contribution in [2.24, 2.45) is 0 Å². The average molecular weight is 352 g/mol. The first-order valence-electron chi connectivity index (χ1n) is 4.44. The Hall–Kier alpha value is -1.18. The maximum Gasteiger partial charge on any atom is 2.00 e. The zero-order chi connectivity index (χ0) is 13.4. The van der Waals surface area contributed by atoms with E-state index in [-0.39, 0.29) is 31.0 Å². The molecule has 0 amide bonds. The Kier molecular flexibility index (Phi) is 9.11. The molecule has 0 aromatic carbocycles. The van der Waals surface area contributed by atoms with Crippen LogP contribution in [-0.2, 0) is 37.4 Å². The molecule has 6 nitrogen and oxygen atoms in total. The Morgan fingerprint density at radius 2 is 1.26 bits per heavy atom. The summed E-state index contributed by atoms with van der Waals surface area (Å²) in [6, 6.07) is 0. The molecule has 96 valence electrons. The number of hydrogen-bond donors (Lipinski definition) is 0. The molecule has 0 saturated heterocycles. The minimum Gasteiger partial charge on any atom is -0.542 e. The molecule has 0 radical (unpaired) electrons. The molecule has 2 rings (SSSR count). The molecule has 2 aliphatic heterocycles. The van der Waals surface area contributed by atoms with Crippen LogP contribution >= 0.6 is 24.1 Å². The van der Waals surface area contributed by atoms with Crippen LogP contribution in [0.1, 0.15) is 0 Å².